The standard InChI is InChI=1S/C13H11F3N2O4S/c1-20-12(19)9-10(17)23-18-11(9)21-5-6-2-3-8(7(14)4-6)22-13(15)16/h2-4,13H,5,17H2,1H3. The van der Waals surface area contributed by atoms with Crippen LogP contribution in [-0.4, -0.2) is 24.1 Å². The van der Waals surface area contributed by atoms with E-state index in [0.717, 1.165) is 23.7 Å². The van der Waals surface area contributed by atoms with Gasteiger partial charge in [0.1, 0.15) is 11.6 Å². The molecule has 1 heterocycles. The van der Waals surface area contributed by atoms with Gasteiger partial charge in [0.15, 0.2) is 17.1 Å². The highest BCUT2D eigenvalue weighted by Gasteiger charge is 2.21. The minimum atomic E-state index is -3.12. The number of nitrogens with zero attached hydrogens (tertiary/aromatic N) is 1. The summed E-state index contributed by atoms with van der Waals surface area (Å²) in [5.41, 5.74) is 5.91. The van der Waals surface area contributed by atoms with Crippen molar-refractivity contribution in [3.8, 4) is 11.6 Å². The van der Waals surface area contributed by atoms with Crippen LogP contribution in [0.4, 0.5) is 18.2 Å². The van der Waals surface area contributed by atoms with E-state index in [1.165, 1.54) is 13.2 Å². The molecule has 0 bridgehead atoms. The van der Waals surface area contributed by atoms with Crippen molar-refractivity contribution in [3.63, 3.8) is 0 Å². The fraction of sp³-hybridized carbons (Fsp3) is 0.231. The zero-order valence-electron chi connectivity index (χ0n) is 11.7. The lowest BCUT2D eigenvalue weighted by molar-refractivity contribution is -0.0522. The summed E-state index contributed by atoms with van der Waals surface area (Å²) in [7, 11) is 1.18. The van der Waals surface area contributed by atoms with Crippen LogP contribution in [0.2, 0.25) is 0 Å². The number of hydrogen-bond acceptors (Lipinski definition) is 7. The number of hydrogen-bond donors (Lipinski definition) is 1. The molecular formula is C13H11F3N2O4S. The van der Waals surface area contributed by atoms with Gasteiger partial charge in [0, 0.05) is 0 Å². The molecule has 2 rings (SSSR count). The molecule has 0 saturated heterocycles. The van der Waals surface area contributed by atoms with Crippen molar-refractivity contribution in [1.82, 2.24) is 4.37 Å². The van der Waals surface area contributed by atoms with Crippen LogP contribution in [0.15, 0.2) is 18.2 Å². The number of nitrogen functional groups attached to an aromatic ring is 1. The van der Waals surface area contributed by atoms with Gasteiger partial charge >= 0.3 is 12.6 Å². The summed E-state index contributed by atoms with van der Waals surface area (Å²) in [6, 6.07) is 3.37. The van der Waals surface area contributed by atoms with Gasteiger partial charge in [-0.25, -0.2) is 9.18 Å². The minimum absolute atomic E-state index is 0.0179. The van der Waals surface area contributed by atoms with Gasteiger partial charge in [-0.05, 0) is 29.2 Å². The van der Waals surface area contributed by atoms with E-state index in [-0.39, 0.29) is 23.1 Å². The summed E-state index contributed by atoms with van der Waals surface area (Å²) >= 11 is 0.847. The molecule has 0 atom stereocenters. The van der Waals surface area contributed by atoms with Gasteiger partial charge in [0.2, 0.25) is 5.88 Å². The first-order valence-corrected chi connectivity index (χ1v) is 6.89. The van der Waals surface area contributed by atoms with Gasteiger partial charge in [-0.15, -0.1) is 0 Å². The number of methoxy groups -OCH3 is 1. The first kappa shape index (κ1) is 16.9. The number of halogens is 3. The van der Waals surface area contributed by atoms with E-state index in [2.05, 4.69) is 13.8 Å². The number of carbonyl (C=O) groups is 1. The lowest BCUT2D eigenvalue weighted by Gasteiger charge is -2.08. The summed E-state index contributed by atoms with van der Waals surface area (Å²) in [6.45, 7) is -3.27. The average Bonchev–Trinajstić information content (AvgIpc) is 2.87. The van der Waals surface area contributed by atoms with E-state index in [0.29, 0.717) is 5.56 Å². The van der Waals surface area contributed by atoms with E-state index >= 15 is 0 Å². The molecule has 2 N–H and O–H groups in total. The van der Waals surface area contributed by atoms with Crippen molar-refractivity contribution in [2.24, 2.45) is 0 Å². The predicted molar refractivity (Wildman–Crippen MR) is 75.2 cm³/mol. The molecule has 6 nitrogen and oxygen atoms in total. The number of aromatic nitrogens is 1. The smallest absolute Gasteiger partial charge is 0.387 e. The predicted octanol–water partition coefficient (Wildman–Crippen LogP) is 2.83. The van der Waals surface area contributed by atoms with Gasteiger partial charge in [-0.2, -0.15) is 13.2 Å². The van der Waals surface area contributed by atoms with Gasteiger partial charge in [-0.1, -0.05) is 6.07 Å². The van der Waals surface area contributed by atoms with Crippen molar-refractivity contribution in [2.45, 2.75) is 13.2 Å². The SMILES string of the molecule is COC(=O)c1c(OCc2ccc(OC(F)F)c(F)c2)nsc1N. The molecule has 23 heavy (non-hydrogen) atoms. The van der Waals surface area contributed by atoms with Crippen LogP contribution >= 0.6 is 11.5 Å². The van der Waals surface area contributed by atoms with Crippen molar-refractivity contribution in [1.29, 1.82) is 0 Å². The van der Waals surface area contributed by atoms with Gasteiger partial charge in [0.05, 0.1) is 7.11 Å². The van der Waals surface area contributed by atoms with Crippen molar-refractivity contribution in [3.05, 3.63) is 35.1 Å². The maximum absolute atomic E-state index is 13.6. The number of nitrogens with two attached hydrogens (primary N) is 1. The van der Waals surface area contributed by atoms with E-state index in [4.69, 9.17) is 10.5 Å². The van der Waals surface area contributed by atoms with Gasteiger partial charge < -0.3 is 19.9 Å². The second-order valence-electron chi connectivity index (χ2n) is 4.15. The number of ether oxygens (including phenoxy) is 3. The quantitative estimate of drug-likeness (QED) is 0.808. The Labute approximate surface area is 132 Å². The lowest BCUT2D eigenvalue weighted by atomic mass is 10.2. The third kappa shape index (κ3) is 4.03. The van der Waals surface area contributed by atoms with Crippen molar-refractivity contribution < 1.29 is 32.2 Å². The molecule has 0 fully saturated rings. The van der Waals surface area contributed by atoms with Crippen LogP contribution in [0.25, 0.3) is 0 Å². The zero-order chi connectivity index (χ0) is 17.0. The topological polar surface area (TPSA) is 83.7 Å². The molecule has 1 aromatic carbocycles. The molecule has 2 aromatic rings. The Morgan fingerprint density at radius 3 is 2.78 bits per heavy atom. The molecule has 10 heteroatoms. The normalized spacial score (nSPS) is 10.7. The Morgan fingerprint density at radius 2 is 2.17 bits per heavy atom. The van der Waals surface area contributed by atoms with Crippen LogP contribution < -0.4 is 15.2 Å². The highest BCUT2D eigenvalue weighted by Crippen LogP contribution is 2.29. The Kier molecular flexibility index (Phi) is 5.27. The molecule has 0 aliphatic heterocycles. The van der Waals surface area contributed by atoms with E-state index in [9.17, 15) is 18.0 Å². The zero-order valence-corrected chi connectivity index (χ0v) is 12.5. The summed E-state index contributed by atoms with van der Waals surface area (Å²) in [5, 5.41) is 0.124. The van der Waals surface area contributed by atoms with Gasteiger partial charge in [0.25, 0.3) is 0 Å². The van der Waals surface area contributed by atoms with Crippen molar-refractivity contribution >= 4 is 22.5 Å². The highest BCUT2D eigenvalue weighted by atomic mass is 32.1. The molecule has 1 aromatic heterocycles. The molecule has 0 saturated carbocycles. The van der Waals surface area contributed by atoms with Crippen LogP contribution in [0.3, 0.4) is 0 Å². The second kappa shape index (κ2) is 7.18. The number of rotatable bonds is 6. The van der Waals surface area contributed by atoms with Crippen molar-refractivity contribution in [2.75, 3.05) is 12.8 Å². The Balaban J connectivity index is 2.10. The fourth-order valence-electron chi connectivity index (χ4n) is 1.65. The lowest BCUT2D eigenvalue weighted by Crippen LogP contribution is -2.07. The number of anilines is 1. The molecular weight excluding hydrogens is 337 g/mol. The summed E-state index contributed by atoms with van der Waals surface area (Å²) in [5.74, 6) is -2.29. The summed E-state index contributed by atoms with van der Waals surface area (Å²) < 4.78 is 55.4. The molecule has 0 spiro atoms. The summed E-state index contributed by atoms with van der Waals surface area (Å²) in [4.78, 5) is 11.6. The average molecular weight is 348 g/mol. The van der Waals surface area contributed by atoms with Gasteiger partial charge in [-0.3, -0.25) is 0 Å². The fourth-order valence-corrected chi connectivity index (χ4v) is 2.24. The van der Waals surface area contributed by atoms with Crippen LogP contribution in [0, 0.1) is 5.82 Å². The van der Waals surface area contributed by atoms with Crippen LogP contribution in [0.5, 0.6) is 11.6 Å². The number of carbonyl (C=O) groups excluding carboxylic acids is 1. The maximum Gasteiger partial charge on any atom is 0.387 e. The Morgan fingerprint density at radius 1 is 1.43 bits per heavy atom. The van der Waals surface area contributed by atoms with E-state index in [1.807, 2.05) is 0 Å². The van der Waals surface area contributed by atoms with E-state index < -0.39 is 24.1 Å². The Bertz CT molecular complexity index is 709. The molecule has 0 amide bonds. The monoisotopic (exact) mass is 348 g/mol. The number of benzene rings is 1. The minimum Gasteiger partial charge on any atom is -0.472 e. The molecule has 0 unspecified atom stereocenters. The third-order valence-electron chi connectivity index (χ3n) is 2.66. The Hall–Kier alpha value is -2.49. The molecule has 0 aliphatic carbocycles. The number of esters is 1. The van der Waals surface area contributed by atoms with Crippen LogP contribution in [-0.2, 0) is 11.3 Å². The number of alkyl halides is 2. The molecule has 0 aliphatic rings. The first-order valence-electron chi connectivity index (χ1n) is 6.12. The molecule has 124 valence electrons. The first-order chi connectivity index (χ1) is 10.9. The summed E-state index contributed by atoms with van der Waals surface area (Å²) in [6.07, 6.45) is 0. The third-order valence-corrected chi connectivity index (χ3v) is 3.32. The largest absolute Gasteiger partial charge is 0.472 e. The van der Waals surface area contributed by atoms with Crippen LogP contribution in [0.1, 0.15) is 15.9 Å². The second-order valence-corrected chi connectivity index (χ2v) is 4.96. The molecule has 0 radical (unpaired) electrons. The highest BCUT2D eigenvalue weighted by molar-refractivity contribution is 7.10. The maximum atomic E-state index is 13.6. The van der Waals surface area contributed by atoms with E-state index in [1.54, 1.807) is 0 Å².